The van der Waals surface area contributed by atoms with Crippen molar-refractivity contribution >= 4 is 10.5 Å². The van der Waals surface area contributed by atoms with Crippen LogP contribution in [0.3, 0.4) is 0 Å². The molecule has 0 radical (unpaired) electrons. The van der Waals surface area contributed by atoms with Crippen LogP contribution in [0.2, 0.25) is 0 Å². The molecular weight excluding hydrogens is 263 g/mol. The summed E-state index contributed by atoms with van der Waals surface area (Å²) in [4.78, 5) is 0. The summed E-state index contributed by atoms with van der Waals surface area (Å²) in [7, 11) is -9.76. The van der Waals surface area contributed by atoms with Crippen LogP contribution in [0.15, 0.2) is 24.3 Å². The van der Waals surface area contributed by atoms with Crippen molar-refractivity contribution in [3.63, 3.8) is 0 Å². The van der Waals surface area contributed by atoms with Crippen LogP contribution in [0.25, 0.3) is 0 Å². The normalized spacial score (nSPS) is 18.3. The minimum absolute atomic E-state index is 0.525. The number of aryl methyl sites for hydroxylation is 1. The van der Waals surface area contributed by atoms with Gasteiger partial charge in [-0.3, -0.25) is 0 Å². The van der Waals surface area contributed by atoms with Crippen LogP contribution >= 0.6 is 10.5 Å². The van der Waals surface area contributed by atoms with Crippen LogP contribution < -0.4 is 0 Å². The maximum absolute atomic E-state index is 11.9. The second-order valence-electron chi connectivity index (χ2n) is 3.99. The zero-order chi connectivity index (χ0) is 13.4. The molecule has 0 bridgehead atoms. The summed E-state index contributed by atoms with van der Waals surface area (Å²) >= 11 is 0. The second-order valence-corrected chi connectivity index (χ2v) is 6.03. The monoisotopic (exact) mass is 276 g/mol. The van der Waals surface area contributed by atoms with Crippen LogP contribution in [0.5, 0.6) is 0 Å². The average molecular weight is 276 g/mol. The molecule has 0 aromatic heterocycles. The SMILES string of the molecule is Cc1ccc(C(C)COS(F)(F)(F)(F)F)cc1. The van der Waals surface area contributed by atoms with Gasteiger partial charge in [-0.15, -0.1) is 0 Å². The molecule has 1 aromatic carbocycles. The van der Waals surface area contributed by atoms with Crippen LogP contribution in [-0.2, 0) is 4.18 Å². The highest BCUT2D eigenvalue weighted by molar-refractivity contribution is 8.42. The lowest BCUT2D eigenvalue weighted by Crippen LogP contribution is -2.15. The molecule has 0 amide bonds. The number of hydrogen-bond acceptors (Lipinski definition) is 1. The summed E-state index contributed by atoms with van der Waals surface area (Å²) in [5, 5.41) is 0. The van der Waals surface area contributed by atoms with Crippen LogP contribution in [0.1, 0.15) is 24.0 Å². The lowest BCUT2D eigenvalue weighted by Gasteiger charge is -2.39. The summed E-state index contributed by atoms with van der Waals surface area (Å²) in [6, 6.07) is 6.58. The summed E-state index contributed by atoms with van der Waals surface area (Å²) in [5.74, 6) is -0.751. The highest BCUT2D eigenvalue weighted by Gasteiger charge is 2.65. The first-order valence-electron chi connectivity index (χ1n) is 4.82. The number of hydrogen-bond donors (Lipinski definition) is 0. The molecule has 0 aliphatic heterocycles. The fraction of sp³-hybridized carbons (Fsp3) is 0.400. The van der Waals surface area contributed by atoms with E-state index in [1.54, 1.807) is 24.3 Å². The van der Waals surface area contributed by atoms with Crippen molar-refractivity contribution in [3.8, 4) is 0 Å². The molecule has 0 spiro atoms. The fourth-order valence-electron chi connectivity index (χ4n) is 1.22. The lowest BCUT2D eigenvalue weighted by atomic mass is 10.0. The van der Waals surface area contributed by atoms with Crippen molar-refractivity contribution in [2.45, 2.75) is 19.8 Å². The Morgan fingerprint density at radius 1 is 1.06 bits per heavy atom. The van der Waals surface area contributed by atoms with E-state index >= 15 is 0 Å². The van der Waals surface area contributed by atoms with Gasteiger partial charge in [0.2, 0.25) is 0 Å². The Morgan fingerprint density at radius 3 is 1.94 bits per heavy atom. The Balaban J connectivity index is 2.69. The van der Waals surface area contributed by atoms with Gasteiger partial charge in [-0.05, 0) is 12.5 Å². The molecule has 1 nitrogen and oxygen atoms in total. The molecule has 0 N–H and O–H groups in total. The van der Waals surface area contributed by atoms with E-state index in [1.807, 2.05) is 6.92 Å². The number of rotatable bonds is 4. The van der Waals surface area contributed by atoms with Crippen LogP contribution in [0, 0.1) is 6.92 Å². The third-order valence-corrected chi connectivity index (χ3v) is 2.77. The molecule has 0 aliphatic rings. The first kappa shape index (κ1) is 14.2. The highest BCUT2D eigenvalue weighted by Crippen LogP contribution is 2.98. The molecule has 0 aliphatic carbocycles. The van der Waals surface area contributed by atoms with Gasteiger partial charge >= 0.3 is 10.5 Å². The zero-order valence-corrected chi connectivity index (χ0v) is 10.1. The molecule has 1 aromatic rings. The predicted octanol–water partition coefficient (Wildman–Crippen LogP) is 5.33. The smallest absolute Gasteiger partial charge is 0.239 e. The van der Waals surface area contributed by atoms with E-state index in [2.05, 4.69) is 4.18 Å². The van der Waals surface area contributed by atoms with E-state index in [9.17, 15) is 19.4 Å². The number of benzene rings is 1. The molecule has 0 saturated carbocycles. The molecule has 0 saturated heterocycles. The van der Waals surface area contributed by atoms with E-state index in [4.69, 9.17) is 0 Å². The van der Waals surface area contributed by atoms with Gasteiger partial charge in [-0.2, -0.15) is 0 Å². The molecule has 0 fully saturated rings. The van der Waals surface area contributed by atoms with Crippen molar-refractivity contribution < 1.29 is 23.6 Å². The Morgan fingerprint density at radius 2 is 1.53 bits per heavy atom. The topological polar surface area (TPSA) is 9.23 Å². The Kier molecular flexibility index (Phi) is 3.00. The standard InChI is InChI=1S/C10H13F5OS/c1-8-3-5-10(6-4-8)9(2)7-16-17(11,12,13,14)15/h3-6,9H,7H2,1-2H3. The Bertz CT molecular complexity index is 396. The van der Waals surface area contributed by atoms with Crippen LogP contribution in [0.4, 0.5) is 19.4 Å². The summed E-state index contributed by atoms with van der Waals surface area (Å²) in [6.45, 7) is 2.13. The largest absolute Gasteiger partial charge is 0.397 e. The van der Waals surface area contributed by atoms with Gasteiger partial charge in [-0.1, -0.05) is 56.2 Å². The first-order valence-corrected chi connectivity index (χ1v) is 6.70. The van der Waals surface area contributed by atoms with Gasteiger partial charge in [0.05, 0.1) is 6.61 Å². The molecule has 1 unspecified atom stereocenters. The Hall–Kier alpha value is -0.820. The van der Waals surface area contributed by atoms with Gasteiger partial charge in [-0.25, -0.2) is 4.18 Å². The van der Waals surface area contributed by atoms with Gasteiger partial charge in [0.15, 0.2) is 0 Å². The fourth-order valence-corrected chi connectivity index (χ4v) is 1.68. The summed E-state index contributed by atoms with van der Waals surface area (Å²) in [6.07, 6.45) is 0. The molecule has 7 heteroatoms. The third kappa shape index (κ3) is 5.88. The first-order chi connectivity index (χ1) is 7.36. The highest BCUT2D eigenvalue weighted by atomic mass is 32.5. The van der Waals surface area contributed by atoms with E-state index in [0.29, 0.717) is 5.56 Å². The van der Waals surface area contributed by atoms with Crippen molar-refractivity contribution in [2.24, 2.45) is 0 Å². The van der Waals surface area contributed by atoms with E-state index in [0.717, 1.165) is 5.56 Å². The molecule has 17 heavy (non-hydrogen) atoms. The maximum Gasteiger partial charge on any atom is 0.397 e. The predicted molar refractivity (Wildman–Crippen MR) is 58.7 cm³/mol. The number of halogens is 5. The minimum Gasteiger partial charge on any atom is -0.239 e. The Labute approximate surface area is 96.5 Å². The van der Waals surface area contributed by atoms with E-state index in [-0.39, 0.29) is 0 Å². The van der Waals surface area contributed by atoms with Crippen molar-refractivity contribution in [1.82, 2.24) is 0 Å². The summed E-state index contributed by atoms with van der Waals surface area (Å²) < 4.78 is 62.6. The zero-order valence-electron chi connectivity index (χ0n) is 9.30. The van der Waals surface area contributed by atoms with E-state index < -0.39 is 23.0 Å². The molecule has 1 rings (SSSR count). The van der Waals surface area contributed by atoms with Gasteiger partial charge in [0.25, 0.3) is 0 Å². The van der Waals surface area contributed by atoms with Gasteiger partial charge in [0, 0.05) is 5.92 Å². The van der Waals surface area contributed by atoms with Crippen molar-refractivity contribution in [1.29, 1.82) is 0 Å². The lowest BCUT2D eigenvalue weighted by molar-refractivity contribution is 0.147. The third-order valence-electron chi connectivity index (χ3n) is 2.19. The van der Waals surface area contributed by atoms with Crippen LogP contribution in [-0.4, -0.2) is 6.61 Å². The van der Waals surface area contributed by atoms with Crippen molar-refractivity contribution in [3.05, 3.63) is 35.4 Å². The van der Waals surface area contributed by atoms with Gasteiger partial charge in [0.1, 0.15) is 0 Å². The molecule has 1 atom stereocenters. The average Bonchev–Trinajstić information content (AvgIpc) is 2.12. The maximum atomic E-state index is 11.9. The van der Waals surface area contributed by atoms with Crippen molar-refractivity contribution in [2.75, 3.05) is 6.61 Å². The molecule has 100 valence electrons. The van der Waals surface area contributed by atoms with Gasteiger partial charge < -0.3 is 0 Å². The minimum atomic E-state index is -9.76. The second kappa shape index (κ2) is 3.58. The van der Waals surface area contributed by atoms with E-state index in [1.165, 1.54) is 6.92 Å². The molecular formula is C10H13F5OS. The summed E-state index contributed by atoms with van der Waals surface area (Å²) in [5.41, 5.74) is 1.46. The molecule has 0 heterocycles. The quantitative estimate of drug-likeness (QED) is 0.675.